The molecule has 9 heteroatoms. The number of hydrogen-bond donors (Lipinski definition) is 2. The maximum absolute atomic E-state index is 13.5. The normalized spacial score (nSPS) is 19.3. The minimum Gasteiger partial charge on any atom is -0.450 e. The molecule has 190 valence electrons. The van der Waals surface area contributed by atoms with Gasteiger partial charge in [-0.15, -0.1) is 0 Å². The maximum atomic E-state index is 13.5. The van der Waals surface area contributed by atoms with Gasteiger partial charge in [-0.25, -0.2) is 9.78 Å². The summed E-state index contributed by atoms with van der Waals surface area (Å²) in [4.78, 5) is 50.0. The first-order valence-electron chi connectivity index (χ1n) is 12.9. The molecule has 9 nitrogen and oxygen atoms in total. The lowest BCUT2D eigenvalue weighted by Gasteiger charge is -2.37. The van der Waals surface area contributed by atoms with Crippen molar-refractivity contribution in [1.82, 2.24) is 25.1 Å². The number of carbonyl (C=O) groups excluding carboxylic acids is 3. The fraction of sp³-hybridized carbons (Fsp3) is 0.615. The van der Waals surface area contributed by atoms with Crippen LogP contribution in [0, 0.1) is 5.92 Å². The first kappa shape index (κ1) is 25.0. The fourth-order valence-electron chi connectivity index (χ4n) is 5.01. The molecular weight excluding hydrogens is 446 g/mol. The molecule has 0 spiro atoms. The van der Waals surface area contributed by atoms with Crippen LogP contribution >= 0.6 is 0 Å². The number of carbonyl (C=O) groups is 3. The van der Waals surface area contributed by atoms with E-state index >= 15 is 0 Å². The Bertz CT molecular complexity index is 1060. The van der Waals surface area contributed by atoms with Gasteiger partial charge in [0.1, 0.15) is 11.9 Å². The predicted octanol–water partition coefficient (Wildman–Crippen LogP) is 3.49. The van der Waals surface area contributed by atoms with Gasteiger partial charge < -0.3 is 24.8 Å². The molecule has 2 aliphatic heterocycles. The summed E-state index contributed by atoms with van der Waals surface area (Å²) in [5, 5.41) is 3.14. The number of imidazole rings is 1. The molecule has 0 bridgehead atoms. The van der Waals surface area contributed by atoms with Gasteiger partial charge >= 0.3 is 6.09 Å². The van der Waals surface area contributed by atoms with Crippen molar-refractivity contribution in [3.05, 3.63) is 29.6 Å². The molecule has 1 aromatic heterocycles. The van der Waals surface area contributed by atoms with Crippen LogP contribution < -0.4 is 5.32 Å². The SMILES string of the molecule is CCOC(=O)N1CCC(NC(=O)[C@H]2CCCCN2C(=O)c2ccc3nc(CC(C)C)[nH]c3c2)CC1. The van der Waals surface area contributed by atoms with Crippen molar-refractivity contribution in [2.75, 3.05) is 26.2 Å². The lowest BCUT2D eigenvalue weighted by Crippen LogP contribution is -2.55. The highest BCUT2D eigenvalue weighted by Gasteiger charge is 2.34. The summed E-state index contributed by atoms with van der Waals surface area (Å²) in [5.41, 5.74) is 2.26. The second-order valence-electron chi connectivity index (χ2n) is 9.99. The number of H-pyrrole nitrogens is 1. The number of nitrogens with zero attached hydrogens (tertiary/aromatic N) is 3. The highest BCUT2D eigenvalue weighted by molar-refractivity contribution is 6.00. The number of ether oxygens (including phenoxy) is 1. The summed E-state index contributed by atoms with van der Waals surface area (Å²) >= 11 is 0. The van der Waals surface area contributed by atoms with E-state index in [1.165, 1.54) is 0 Å². The van der Waals surface area contributed by atoms with Gasteiger partial charge in [0.2, 0.25) is 5.91 Å². The zero-order chi connectivity index (χ0) is 24.9. The number of likely N-dealkylation sites (tertiary alicyclic amines) is 2. The quantitative estimate of drug-likeness (QED) is 0.654. The number of rotatable bonds is 6. The molecular formula is C26H37N5O4. The second kappa shape index (κ2) is 11.1. The van der Waals surface area contributed by atoms with Gasteiger partial charge in [-0.1, -0.05) is 13.8 Å². The van der Waals surface area contributed by atoms with Gasteiger partial charge in [0.05, 0.1) is 17.6 Å². The third-order valence-electron chi connectivity index (χ3n) is 6.81. The van der Waals surface area contributed by atoms with E-state index in [0.29, 0.717) is 57.0 Å². The molecule has 0 unspecified atom stereocenters. The Morgan fingerprint density at radius 1 is 1.14 bits per heavy atom. The minimum absolute atomic E-state index is 0.00669. The van der Waals surface area contributed by atoms with Crippen molar-refractivity contribution in [2.45, 2.75) is 71.4 Å². The Morgan fingerprint density at radius 3 is 2.63 bits per heavy atom. The summed E-state index contributed by atoms with van der Waals surface area (Å²) in [7, 11) is 0. The third kappa shape index (κ3) is 5.94. The number of benzene rings is 1. The molecule has 4 rings (SSSR count). The first-order valence-corrected chi connectivity index (χ1v) is 12.9. The summed E-state index contributed by atoms with van der Waals surface area (Å²) < 4.78 is 5.07. The van der Waals surface area contributed by atoms with Gasteiger partial charge in [-0.05, 0) is 63.1 Å². The van der Waals surface area contributed by atoms with Crippen molar-refractivity contribution in [3.63, 3.8) is 0 Å². The number of aromatic nitrogens is 2. The van der Waals surface area contributed by atoms with Gasteiger partial charge in [-0.3, -0.25) is 9.59 Å². The van der Waals surface area contributed by atoms with Crippen LogP contribution in [0.25, 0.3) is 11.0 Å². The van der Waals surface area contributed by atoms with Crippen LogP contribution in [0.1, 0.15) is 69.1 Å². The fourth-order valence-corrected chi connectivity index (χ4v) is 5.01. The van der Waals surface area contributed by atoms with E-state index in [1.807, 2.05) is 12.1 Å². The van der Waals surface area contributed by atoms with E-state index in [-0.39, 0.29) is 23.9 Å². The lowest BCUT2D eigenvalue weighted by molar-refractivity contribution is -0.127. The van der Waals surface area contributed by atoms with Crippen LogP contribution in [0.15, 0.2) is 18.2 Å². The van der Waals surface area contributed by atoms with Gasteiger partial charge in [0, 0.05) is 37.7 Å². The second-order valence-corrected chi connectivity index (χ2v) is 9.99. The first-order chi connectivity index (χ1) is 16.9. The van der Waals surface area contributed by atoms with Crippen LogP contribution in [0.5, 0.6) is 0 Å². The van der Waals surface area contributed by atoms with E-state index < -0.39 is 6.04 Å². The van der Waals surface area contributed by atoms with Crippen molar-refractivity contribution in [1.29, 1.82) is 0 Å². The van der Waals surface area contributed by atoms with E-state index in [4.69, 9.17) is 4.74 Å². The maximum Gasteiger partial charge on any atom is 0.409 e. The van der Waals surface area contributed by atoms with Crippen molar-refractivity contribution in [3.8, 4) is 0 Å². The van der Waals surface area contributed by atoms with Crippen molar-refractivity contribution < 1.29 is 19.1 Å². The van der Waals surface area contributed by atoms with E-state index in [2.05, 4.69) is 29.1 Å². The highest BCUT2D eigenvalue weighted by atomic mass is 16.6. The number of nitrogens with one attached hydrogen (secondary N) is 2. The van der Waals surface area contributed by atoms with E-state index in [0.717, 1.165) is 36.1 Å². The lowest BCUT2D eigenvalue weighted by atomic mass is 9.98. The summed E-state index contributed by atoms with van der Waals surface area (Å²) in [6, 6.07) is 5.04. The van der Waals surface area contributed by atoms with Gasteiger partial charge in [0.15, 0.2) is 0 Å². The standard InChI is InChI=1S/C26H37N5O4/c1-4-35-26(34)30-13-10-19(11-14-30)27-24(32)22-7-5-6-12-31(22)25(33)18-8-9-20-21(16-18)29-23(28-20)15-17(2)3/h8-9,16-17,19,22H,4-7,10-15H2,1-3H3,(H,27,32)(H,28,29)/t22-/m1/s1. The van der Waals surface area contributed by atoms with Crippen LogP contribution in [0.2, 0.25) is 0 Å². The zero-order valence-electron chi connectivity index (χ0n) is 21.0. The predicted molar refractivity (Wildman–Crippen MR) is 133 cm³/mol. The number of piperidine rings is 2. The average Bonchev–Trinajstić information content (AvgIpc) is 3.25. The Balaban J connectivity index is 1.40. The Kier molecular flexibility index (Phi) is 7.93. The van der Waals surface area contributed by atoms with E-state index in [1.54, 1.807) is 22.8 Å². The Hall–Kier alpha value is -3.10. The molecule has 35 heavy (non-hydrogen) atoms. The minimum atomic E-state index is -0.478. The zero-order valence-corrected chi connectivity index (χ0v) is 21.0. The number of hydrogen-bond acceptors (Lipinski definition) is 5. The van der Waals surface area contributed by atoms with Crippen molar-refractivity contribution in [2.24, 2.45) is 5.92 Å². The number of amides is 3. The molecule has 0 aliphatic carbocycles. The topological polar surface area (TPSA) is 108 Å². The smallest absolute Gasteiger partial charge is 0.409 e. The van der Waals surface area contributed by atoms with Crippen LogP contribution in [-0.2, 0) is 16.0 Å². The molecule has 1 atom stereocenters. The van der Waals surface area contributed by atoms with E-state index in [9.17, 15) is 14.4 Å². The Labute approximate surface area is 206 Å². The van der Waals surface area contributed by atoms with Crippen LogP contribution in [0.3, 0.4) is 0 Å². The molecule has 0 saturated carbocycles. The summed E-state index contributed by atoms with van der Waals surface area (Å²) in [6.45, 7) is 8.12. The molecule has 2 N–H and O–H groups in total. The monoisotopic (exact) mass is 483 g/mol. The molecule has 2 saturated heterocycles. The largest absolute Gasteiger partial charge is 0.450 e. The molecule has 0 radical (unpaired) electrons. The van der Waals surface area contributed by atoms with Crippen molar-refractivity contribution >= 4 is 28.9 Å². The van der Waals surface area contributed by atoms with Gasteiger partial charge in [0.25, 0.3) is 5.91 Å². The Morgan fingerprint density at radius 2 is 1.91 bits per heavy atom. The molecule has 2 fully saturated rings. The molecule has 3 amide bonds. The summed E-state index contributed by atoms with van der Waals surface area (Å²) in [6.07, 6.45) is 4.38. The van der Waals surface area contributed by atoms with Crippen LogP contribution in [0.4, 0.5) is 4.79 Å². The molecule has 3 heterocycles. The number of fused-ring (bicyclic) bond motifs is 1. The van der Waals surface area contributed by atoms with Crippen LogP contribution in [-0.4, -0.2) is 76.0 Å². The molecule has 1 aromatic carbocycles. The summed E-state index contributed by atoms with van der Waals surface area (Å²) in [5.74, 6) is 1.18. The third-order valence-corrected chi connectivity index (χ3v) is 6.81. The molecule has 2 aliphatic rings. The highest BCUT2D eigenvalue weighted by Crippen LogP contribution is 2.23. The van der Waals surface area contributed by atoms with Gasteiger partial charge in [-0.2, -0.15) is 0 Å². The molecule has 2 aromatic rings. The number of aromatic amines is 1. The average molecular weight is 484 g/mol.